The van der Waals surface area contributed by atoms with E-state index in [0.29, 0.717) is 0 Å². The molecule has 1 N–H and O–H groups in total. The lowest BCUT2D eigenvalue weighted by atomic mass is 10.4. The van der Waals surface area contributed by atoms with Gasteiger partial charge in [-0.15, -0.1) is 11.8 Å². The molecule has 0 aromatic heterocycles. The van der Waals surface area contributed by atoms with E-state index in [4.69, 9.17) is 4.74 Å². The van der Waals surface area contributed by atoms with Crippen LogP contribution in [0, 0.1) is 5.92 Å². The van der Waals surface area contributed by atoms with Crippen LogP contribution in [-0.4, -0.2) is 57.0 Å². The van der Waals surface area contributed by atoms with Crippen LogP contribution in [0.3, 0.4) is 0 Å². The molecular weight excluding hydrogens is 294 g/mol. The zero-order valence-corrected chi connectivity index (χ0v) is 14.4. The highest BCUT2D eigenvalue weighted by atomic mass is 32.2. The van der Waals surface area contributed by atoms with Crippen molar-refractivity contribution >= 4 is 17.7 Å². The Morgan fingerprint density at radius 2 is 2.14 bits per heavy atom. The molecule has 0 amide bonds. The summed E-state index contributed by atoms with van der Waals surface area (Å²) >= 11 is 1.86. The van der Waals surface area contributed by atoms with Gasteiger partial charge in [0.1, 0.15) is 0 Å². The monoisotopic (exact) mass is 321 g/mol. The van der Waals surface area contributed by atoms with Crippen molar-refractivity contribution in [3.63, 3.8) is 0 Å². The highest BCUT2D eigenvalue weighted by Crippen LogP contribution is 2.28. The quantitative estimate of drug-likeness (QED) is 0.328. The Kier molecular flexibility index (Phi) is 7.60. The Balaban J connectivity index is 1.57. The molecular formula is C17H27N3OS. The second kappa shape index (κ2) is 9.74. The van der Waals surface area contributed by atoms with Crippen LogP contribution >= 0.6 is 11.8 Å². The number of nitrogens with zero attached hydrogens (tertiary/aromatic N) is 2. The van der Waals surface area contributed by atoms with Gasteiger partial charge in [0.2, 0.25) is 0 Å². The lowest BCUT2D eigenvalue weighted by molar-refractivity contribution is 0.115. The van der Waals surface area contributed by atoms with Crippen molar-refractivity contribution in [1.29, 1.82) is 0 Å². The normalized spacial score (nSPS) is 14.9. The smallest absolute Gasteiger partial charge is 0.193 e. The van der Waals surface area contributed by atoms with Gasteiger partial charge in [-0.25, -0.2) is 0 Å². The molecule has 0 spiro atoms. The second-order valence-electron chi connectivity index (χ2n) is 5.58. The number of benzene rings is 1. The fourth-order valence-electron chi connectivity index (χ4n) is 2.08. The van der Waals surface area contributed by atoms with Crippen LogP contribution in [-0.2, 0) is 4.74 Å². The van der Waals surface area contributed by atoms with Crippen molar-refractivity contribution in [1.82, 2.24) is 10.2 Å². The number of aliphatic imine (C=N–C) groups is 1. The van der Waals surface area contributed by atoms with Crippen LogP contribution in [0.1, 0.15) is 12.8 Å². The molecule has 0 aliphatic heterocycles. The second-order valence-corrected chi connectivity index (χ2v) is 6.74. The minimum atomic E-state index is 0.770. The number of guanidine groups is 1. The maximum Gasteiger partial charge on any atom is 0.193 e. The maximum absolute atomic E-state index is 5.68. The zero-order valence-electron chi connectivity index (χ0n) is 13.6. The van der Waals surface area contributed by atoms with Crippen LogP contribution in [0.15, 0.2) is 40.2 Å². The maximum atomic E-state index is 5.68. The van der Waals surface area contributed by atoms with Crippen LogP contribution < -0.4 is 5.32 Å². The third-order valence-corrected chi connectivity index (χ3v) is 4.61. The molecule has 0 saturated heterocycles. The number of rotatable bonds is 9. The van der Waals surface area contributed by atoms with E-state index in [-0.39, 0.29) is 0 Å². The van der Waals surface area contributed by atoms with Crippen LogP contribution in [0.2, 0.25) is 0 Å². The molecule has 4 nitrogen and oxygen atoms in total. The number of hydrogen-bond donors (Lipinski definition) is 1. The zero-order chi connectivity index (χ0) is 15.6. The highest BCUT2D eigenvalue weighted by Gasteiger charge is 2.21. The van der Waals surface area contributed by atoms with E-state index in [1.165, 1.54) is 17.7 Å². The summed E-state index contributed by atoms with van der Waals surface area (Å²) in [6.45, 7) is 3.47. The lowest BCUT2D eigenvalue weighted by Crippen LogP contribution is -2.41. The fourth-order valence-corrected chi connectivity index (χ4v) is 2.86. The molecule has 1 saturated carbocycles. The van der Waals surface area contributed by atoms with Crippen molar-refractivity contribution in [2.24, 2.45) is 10.9 Å². The third-order valence-electron chi connectivity index (χ3n) is 3.59. The average molecular weight is 321 g/mol. The van der Waals surface area contributed by atoms with Gasteiger partial charge in [-0.3, -0.25) is 4.99 Å². The van der Waals surface area contributed by atoms with Crippen molar-refractivity contribution in [3.05, 3.63) is 30.3 Å². The van der Waals surface area contributed by atoms with Crippen molar-refractivity contribution in [3.8, 4) is 0 Å². The molecule has 5 heteroatoms. The van der Waals surface area contributed by atoms with Crippen LogP contribution in [0.25, 0.3) is 0 Å². The van der Waals surface area contributed by atoms with E-state index in [0.717, 1.165) is 43.9 Å². The molecule has 0 bridgehead atoms. The lowest BCUT2D eigenvalue weighted by Gasteiger charge is -2.22. The summed E-state index contributed by atoms with van der Waals surface area (Å²) in [5, 5.41) is 3.40. The minimum Gasteiger partial charge on any atom is -0.379 e. The molecule has 0 radical (unpaired) electrons. The van der Waals surface area contributed by atoms with Gasteiger partial charge < -0.3 is 15.0 Å². The SMILES string of the molecule is CN=C(NCCSc1ccccc1)N(C)CCOCC1CC1. The first kappa shape index (κ1) is 17.2. The fraction of sp³-hybridized carbons (Fsp3) is 0.588. The summed E-state index contributed by atoms with van der Waals surface area (Å²) in [6, 6.07) is 10.5. The van der Waals surface area contributed by atoms with Gasteiger partial charge in [0, 0.05) is 44.4 Å². The van der Waals surface area contributed by atoms with Crippen molar-refractivity contribution in [2.45, 2.75) is 17.7 Å². The summed E-state index contributed by atoms with van der Waals surface area (Å²) in [5.41, 5.74) is 0. The molecule has 0 unspecified atom stereocenters. The topological polar surface area (TPSA) is 36.9 Å². The van der Waals surface area contributed by atoms with Gasteiger partial charge in [-0.1, -0.05) is 18.2 Å². The molecule has 0 atom stereocenters. The number of hydrogen-bond acceptors (Lipinski definition) is 3. The Labute approximate surface area is 138 Å². The first-order chi connectivity index (χ1) is 10.8. The molecule has 1 aliphatic rings. The van der Waals surface area contributed by atoms with Crippen molar-refractivity contribution < 1.29 is 4.74 Å². The summed E-state index contributed by atoms with van der Waals surface area (Å²) < 4.78 is 5.68. The van der Waals surface area contributed by atoms with Gasteiger partial charge >= 0.3 is 0 Å². The van der Waals surface area contributed by atoms with Gasteiger partial charge in [-0.05, 0) is 30.9 Å². The van der Waals surface area contributed by atoms with E-state index >= 15 is 0 Å². The van der Waals surface area contributed by atoms with E-state index < -0.39 is 0 Å². The molecule has 2 rings (SSSR count). The summed E-state index contributed by atoms with van der Waals surface area (Å²) in [6.07, 6.45) is 2.69. The first-order valence-electron chi connectivity index (χ1n) is 7.97. The van der Waals surface area contributed by atoms with Gasteiger partial charge in [0.05, 0.1) is 6.61 Å². The molecule has 122 valence electrons. The highest BCUT2D eigenvalue weighted by molar-refractivity contribution is 7.99. The van der Waals surface area contributed by atoms with Gasteiger partial charge in [-0.2, -0.15) is 0 Å². The standard InChI is InChI=1S/C17H27N3OS/c1-18-17(20(2)11-12-21-14-15-8-9-15)19-10-13-22-16-6-4-3-5-7-16/h3-7,15H,8-14H2,1-2H3,(H,18,19). The van der Waals surface area contributed by atoms with Crippen LogP contribution in [0.5, 0.6) is 0 Å². The van der Waals surface area contributed by atoms with Crippen LogP contribution in [0.4, 0.5) is 0 Å². The Bertz CT molecular complexity index is 448. The predicted molar refractivity (Wildman–Crippen MR) is 94.7 cm³/mol. The first-order valence-corrected chi connectivity index (χ1v) is 8.95. The predicted octanol–water partition coefficient (Wildman–Crippen LogP) is 2.71. The number of likely N-dealkylation sites (N-methyl/N-ethyl adjacent to an activating group) is 1. The number of thioether (sulfide) groups is 1. The largest absolute Gasteiger partial charge is 0.379 e. The summed E-state index contributed by atoms with van der Waals surface area (Å²) in [7, 11) is 3.88. The van der Waals surface area contributed by atoms with E-state index in [9.17, 15) is 0 Å². The average Bonchev–Trinajstić information content (AvgIpc) is 3.37. The summed E-state index contributed by atoms with van der Waals surface area (Å²) in [4.78, 5) is 7.76. The molecule has 0 heterocycles. The Morgan fingerprint density at radius 3 is 2.82 bits per heavy atom. The number of nitrogens with one attached hydrogen (secondary N) is 1. The summed E-state index contributed by atoms with van der Waals surface area (Å²) in [5.74, 6) is 2.79. The van der Waals surface area contributed by atoms with E-state index in [1.54, 1.807) is 0 Å². The third kappa shape index (κ3) is 6.71. The van der Waals surface area contributed by atoms with E-state index in [1.807, 2.05) is 24.9 Å². The van der Waals surface area contributed by atoms with Gasteiger partial charge in [0.25, 0.3) is 0 Å². The number of ether oxygens (including phenoxy) is 1. The van der Waals surface area contributed by atoms with Crippen molar-refractivity contribution in [2.75, 3.05) is 46.2 Å². The Hall–Kier alpha value is -1.20. The molecule has 1 fully saturated rings. The van der Waals surface area contributed by atoms with E-state index in [2.05, 4.69) is 46.5 Å². The van der Waals surface area contributed by atoms with Gasteiger partial charge in [0.15, 0.2) is 5.96 Å². The molecule has 22 heavy (non-hydrogen) atoms. The minimum absolute atomic E-state index is 0.770. The molecule has 1 aromatic carbocycles. The Morgan fingerprint density at radius 1 is 1.36 bits per heavy atom. The molecule has 1 aromatic rings. The molecule has 1 aliphatic carbocycles.